The SMILES string of the molecule is O=C(O)CC(O)C(=O)O.O=C(O)Cc1ccccc1O. The van der Waals surface area contributed by atoms with Gasteiger partial charge in [-0.25, -0.2) is 4.79 Å². The number of benzene rings is 1. The molecule has 0 saturated heterocycles. The molecule has 0 radical (unpaired) electrons. The molecule has 0 spiro atoms. The lowest BCUT2D eigenvalue weighted by atomic mass is 10.1. The standard InChI is InChI=1S/C8H8O3.C4H6O5/c9-7-4-2-1-3-6(7)5-8(10)11;5-2(4(8)9)1-3(6)7/h1-4,9H,5H2,(H,10,11);2,5H,1H2,(H,6,7)(H,8,9). The first-order valence-electron chi connectivity index (χ1n) is 5.35. The van der Waals surface area contributed by atoms with Crippen molar-refractivity contribution in [2.45, 2.75) is 18.9 Å². The minimum absolute atomic E-state index is 0.0369. The van der Waals surface area contributed by atoms with Gasteiger partial charge < -0.3 is 25.5 Å². The van der Waals surface area contributed by atoms with Crippen molar-refractivity contribution in [2.24, 2.45) is 0 Å². The highest BCUT2D eigenvalue weighted by Crippen LogP contribution is 2.15. The molecular weight excluding hydrogens is 272 g/mol. The molecule has 8 heteroatoms. The minimum Gasteiger partial charge on any atom is -0.508 e. The lowest BCUT2D eigenvalue weighted by molar-refractivity contribution is -0.152. The fraction of sp³-hybridized carbons (Fsp3) is 0.250. The van der Waals surface area contributed by atoms with Gasteiger partial charge in [-0.15, -0.1) is 0 Å². The summed E-state index contributed by atoms with van der Waals surface area (Å²) in [6.45, 7) is 0. The van der Waals surface area contributed by atoms with E-state index in [0.29, 0.717) is 5.56 Å². The lowest BCUT2D eigenvalue weighted by Crippen LogP contribution is -2.22. The summed E-state index contributed by atoms with van der Waals surface area (Å²) in [5.74, 6) is -3.75. The summed E-state index contributed by atoms with van der Waals surface area (Å²) >= 11 is 0. The predicted octanol–water partition coefficient (Wildman–Crippen LogP) is -0.0741. The maximum Gasteiger partial charge on any atom is 0.333 e. The summed E-state index contributed by atoms with van der Waals surface area (Å²) in [7, 11) is 0. The highest BCUT2D eigenvalue weighted by Gasteiger charge is 2.16. The largest absolute Gasteiger partial charge is 0.508 e. The van der Waals surface area contributed by atoms with Crippen molar-refractivity contribution in [3.63, 3.8) is 0 Å². The van der Waals surface area contributed by atoms with Crippen molar-refractivity contribution in [3.05, 3.63) is 29.8 Å². The van der Waals surface area contributed by atoms with Gasteiger partial charge in [0.1, 0.15) is 5.75 Å². The molecule has 8 nitrogen and oxygen atoms in total. The van der Waals surface area contributed by atoms with Crippen molar-refractivity contribution >= 4 is 17.9 Å². The zero-order valence-electron chi connectivity index (χ0n) is 10.3. The second kappa shape index (κ2) is 8.48. The third kappa shape index (κ3) is 7.67. The number of phenols is 1. The maximum atomic E-state index is 10.2. The number of carbonyl (C=O) groups is 3. The molecule has 1 rings (SSSR count). The topological polar surface area (TPSA) is 152 Å². The van der Waals surface area contributed by atoms with Crippen LogP contribution in [0, 0.1) is 0 Å². The Morgan fingerprint density at radius 2 is 1.55 bits per heavy atom. The molecule has 0 heterocycles. The van der Waals surface area contributed by atoms with Crippen molar-refractivity contribution in [1.29, 1.82) is 0 Å². The molecule has 5 N–H and O–H groups in total. The molecule has 20 heavy (non-hydrogen) atoms. The van der Waals surface area contributed by atoms with E-state index in [-0.39, 0.29) is 12.2 Å². The van der Waals surface area contributed by atoms with Gasteiger partial charge in [-0.3, -0.25) is 9.59 Å². The van der Waals surface area contributed by atoms with Crippen molar-refractivity contribution in [3.8, 4) is 5.75 Å². The Labute approximate surface area is 113 Å². The van der Waals surface area contributed by atoms with Gasteiger partial charge >= 0.3 is 17.9 Å². The quantitative estimate of drug-likeness (QED) is 0.504. The van der Waals surface area contributed by atoms with Gasteiger partial charge in [0.25, 0.3) is 0 Å². The van der Waals surface area contributed by atoms with E-state index in [9.17, 15) is 14.4 Å². The van der Waals surface area contributed by atoms with Gasteiger partial charge in [-0.2, -0.15) is 0 Å². The number of carboxylic acids is 3. The minimum atomic E-state index is -1.79. The Morgan fingerprint density at radius 1 is 1.00 bits per heavy atom. The Kier molecular flexibility index (Phi) is 7.38. The first-order valence-corrected chi connectivity index (χ1v) is 5.35. The molecule has 1 atom stereocenters. The smallest absolute Gasteiger partial charge is 0.333 e. The molecule has 0 aliphatic heterocycles. The fourth-order valence-corrected chi connectivity index (χ4v) is 1.08. The number of phenolic OH excluding ortho intramolecular Hbond substituents is 1. The molecular formula is C12H14O8. The van der Waals surface area contributed by atoms with E-state index in [4.69, 9.17) is 25.5 Å². The van der Waals surface area contributed by atoms with Crippen LogP contribution in [0.15, 0.2) is 24.3 Å². The predicted molar refractivity (Wildman–Crippen MR) is 65.3 cm³/mol. The number of para-hydroxylation sites is 1. The molecule has 1 aromatic rings. The van der Waals surface area contributed by atoms with Gasteiger partial charge in [-0.05, 0) is 6.07 Å². The van der Waals surface area contributed by atoms with Crippen LogP contribution in [0.2, 0.25) is 0 Å². The summed E-state index contributed by atoms with van der Waals surface area (Å²) in [5.41, 5.74) is 0.444. The highest BCUT2D eigenvalue weighted by atomic mass is 16.4. The second-order valence-electron chi connectivity index (χ2n) is 3.65. The summed E-state index contributed by atoms with van der Waals surface area (Å²) in [4.78, 5) is 29.6. The summed E-state index contributed by atoms with van der Waals surface area (Å²) in [6.07, 6.45) is -2.68. The third-order valence-corrected chi connectivity index (χ3v) is 1.99. The molecule has 1 aromatic carbocycles. The number of aliphatic hydroxyl groups excluding tert-OH is 1. The van der Waals surface area contributed by atoms with Crippen LogP contribution in [-0.4, -0.2) is 49.5 Å². The summed E-state index contributed by atoms with van der Waals surface area (Å²) in [6, 6.07) is 6.40. The number of aliphatic carboxylic acids is 3. The van der Waals surface area contributed by atoms with Gasteiger partial charge in [0.05, 0.1) is 12.8 Å². The van der Waals surface area contributed by atoms with Crippen LogP contribution in [0.3, 0.4) is 0 Å². The lowest BCUT2D eigenvalue weighted by Gasteiger charge is -1.98. The van der Waals surface area contributed by atoms with Crippen LogP contribution in [0.25, 0.3) is 0 Å². The zero-order valence-corrected chi connectivity index (χ0v) is 10.3. The number of carboxylic acid groups (broad SMARTS) is 3. The van der Waals surface area contributed by atoms with Gasteiger partial charge in [-0.1, -0.05) is 18.2 Å². The van der Waals surface area contributed by atoms with Crippen LogP contribution in [0.4, 0.5) is 0 Å². The van der Waals surface area contributed by atoms with E-state index in [1.54, 1.807) is 18.2 Å². The molecule has 110 valence electrons. The average molecular weight is 286 g/mol. The van der Waals surface area contributed by atoms with E-state index in [2.05, 4.69) is 0 Å². The molecule has 1 unspecified atom stereocenters. The third-order valence-electron chi connectivity index (χ3n) is 1.99. The normalized spacial score (nSPS) is 10.8. The molecule has 0 aliphatic carbocycles. The van der Waals surface area contributed by atoms with Crippen molar-refractivity contribution in [1.82, 2.24) is 0 Å². The number of hydrogen-bond donors (Lipinski definition) is 5. The number of hydrogen-bond acceptors (Lipinski definition) is 5. The fourth-order valence-electron chi connectivity index (χ4n) is 1.08. The zero-order chi connectivity index (χ0) is 15.7. The molecule has 0 aromatic heterocycles. The van der Waals surface area contributed by atoms with E-state index in [0.717, 1.165) is 0 Å². The molecule has 0 bridgehead atoms. The average Bonchev–Trinajstić information content (AvgIpc) is 2.31. The first kappa shape index (κ1) is 17.4. The monoisotopic (exact) mass is 286 g/mol. The Bertz CT molecular complexity index is 482. The number of aliphatic hydroxyl groups is 1. The summed E-state index contributed by atoms with van der Waals surface area (Å²) < 4.78 is 0. The van der Waals surface area contributed by atoms with E-state index in [1.807, 2.05) is 0 Å². The Balaban J connectivity index is 0.000000370. The first-order chi connectivity index (χ1) is 9.23. The molecule has 0 amide bonds. The van der Waals surface area contributed by atoms with Crippen molar-refractivity contribution in [2.75, 3.05) is 0 Å². The van der Waals surface area contributed by atoms with E-state index in [1.165, 1.54) is 6.07 Å². The van der Waals surface area contributed by atoms with Gasteiger partial charge in [0.15, 0.2) is 6.10 Å². The van der Waals surface area contributed by atoms with Crippen LogP contribution < -0.4 is 0 Å². The Hall–Kier alpha value is -2.61. The van der Waals surface area contributed by atoms with Crippen LogP contribution in [-0.2, 0) is 20.8 Å². The maximum absolute atomic E-state index is 10.2. The number of aromatic hydroxyl groups is 1. The summed E-state index contributed by atoms with van der Waals surface area (Å²) in [5, 5.41) is 41.6. The second-order valence-corrected chi connectivity index (χ2v) is 3.65. The van der Waals surface area contributed by atoms with Gasteiger partial charge in [0.2, 0.25) is 0 Å². The molecule has 0 fully saturated rings. The van der Waals surface area contributed by atoms with Crippen LogP contribution in [0.1, 0.15) is 12.0 Å². The highest BCUT2D eigenvalue weighted by molar-refractivity contribution is 5.79. The van der Waals surface area contributed by atoms with Crippen molar-refractivity contribution < 1.29 is 39.9 Å². The van der Waals surface area contributed by atoms with E-state index >= 15 is 0 Å². The molecule has 0 aliphatic rings. The van der Waals surface area contributed by atoms with Gasteiger partial charge in [0, 0.05) is 5.56 Å². The Morgan fingerprint density at radius 3 is 1.90 bits per heavy atom. The molecule has 0 saturated carbocycles. The van der Waals surface area contributed by atoms with E-state index < -0.39 is 30.4 Å². The van der Waals surface area contributed by atoms with Crippen LogP contribution >= 0.6 is 0 Å². The van der Waals surface area contributed by atoms with Crippen LogP contribution in [0.5, 0.6) is 5.75 Å². The number of rotatable bonds is 5.